The minimum absolute atomic E-state index is 0.291. The van der Waals surface area contributed by atoms with Crippen molar-refractivity contribution in [1.29, 1.82) is 0 Å². The predicted octanol–water partition coefficient (Wildman–Crippen LogP) is 1.86. The van der Waals surface area contributed by atoms with Crippen LogP contribution in [0.2, 0.25) is 0 Å². The summed E-state index contributed by atoms with van der Waals surface area (Å²) < 4.78 is 0. The highest BCUT2D eigenvalue weighted by Gasteiger charge is 2.33. The van der Waals surface area contributed by atoms with Crippen molar-refractivity contribution in [1.82, 2.24) is 10.6 Å². The van der Waals surface area contributed by atoms with Gasteiger partial charge in [-0.05, 0) is 37.0 Å². The average molecular weight is 247 g/mol. The largest absolute Gasteiger partial charge is 0.508 e. The average Bonchev–Trinajstić information content (AvgIpc) is 3.04. The molecule has 1 saturated carbocycles. The van der Waals surface area contributed by atoms with E-state index in [9.17, 15) is 5.11 Å². The number of phenolic OH excluding ortho intramolecular Hbond substituents is 1. The first-order chi connectivity index (χ1) is 8.69. The molecule has 1 aromatic rings. The van der Waals surface area contributed by atoms with E-state index in [1.54, 1.807) is 12.1 Å². The van der Waals surface area contributed by atoms with Gasteiger partial charge < -0.3 is 15.7 Å². The third-order valence-electron chi connectivity index (χ3n) is 3.13. The standard InChI is InChI=1S/C14H21N3O/c1-3-15-14(17-13-8-10(13)2)16-9-11-4-6-12(18)7-5-11/h4-7,10,13,18H,3,8-9H2,1-2H3,(H2,15,16,17). The van der Waals surface area contributed by atoms with Crippen LogP contribution in [0.25, 0.3) is 0 Å². The Balaban J connectivity index is 1.92. The molecule has 1 aliphatic rings. The second-order valence-electron chi connectivity index (χ2n) is 4.83. The van der Waals surface area contributed by atoms with E-state index in [-0.39, 0.29) is 0 Å². The predicted molar refractivity (Wildman–Crippen MR) is 73.6 cm³/mol. The van der Waals surface area contributed by atoms with Crippen molar-refractivity contribution < 1.29 is 5.11 Å². The Morgan fingerprint density at radius 1 is 1.39 bits per heavy atom. The molecule has 0 heterocycles. The van der Waals surface area contributed by atoms with Crippen LogP contribution in [0.5, 0.6) is 5.75 Å². The number of hydrogen-bond donors (Lipinski definition) is 3. The van der Waals surface area contributed by atoms with Crippen molar-refractivity contribution in [3.63, 3.8) is 0 Å². The molecule has 4 heteroatoms. The molecular formula is C14H21N3O. The molecule has 1 aromatic carbocycles. The minimum Gasteiger partial charge on any atom is -0.508 e. The van der Waals surface area contributed by atoms with Gasteiger partial charge in [0, 0.05) is 12.6 Å². The molecule has 18 heavy (non-hydrogen) atoms. The summed E-state index contributed by atoms with van der Waals surface area (Å²) in [4.78, 5) is 4.54. The van der Waals surface area contributed by atoms with E-state index < -0.39 is 0 Å². The Labute approximate surface area is 108 Å². The lowest BCUT2D eigenvalue weighted by molar-refractivity contribution is 0.475. The number of benzene rings is 1. The summed E-state index contributed by atoms with van der Waals surface area (Å²) in [7, 11) is 0. The molecule has 0 saturated heterocycles. The number of nitrogens with zero attached hydrogens (tertiary/aromatic N) is 1. The van der Waals surface area contributed by atoms with E-state index in [0.29, 0.717) is 18.3 Å². The summed E-state index contributed by atoms with van der Waals surface area (Å²) in [5.74, 6) is 1.92. The number of nitrogens with one attached hydrogen (secondary N) is 2. The molecule has 0 radical (unpaired) electrons. The summed E-state index contributed by atoms with van der Waals surface area (Å²) in [6, 6.07) is 7.73. The minimum atomic E-state index is 0.291. The van der Waals surface area contributed by atoms with E-state index in [4.69, 9.17) is 0 Å². The fourth-order valence-electron chi connectivity index (χ4n) is 1.79. The molecule has 1 aliphatic carbocycles. The first kappa shape index (κ1) is 12.7. The summed E-state index contributed by atoms with van der Waals surface area (Å²) >= 11 is 0. The first-order valence-electron chi connectivity index (χ1n) is 6.51. The molecule has 2 rings (SSSR count). The van der Waals surface area contributed by atoms with Gasteiger partial charge in [-0.1, -0.05) is 19.1 Å². The van der Waals surface area contributed by atoms with E-state index in [0.717, 1.165) is 24.0 Å². The fourth-order valence-corrected chi connectivity index (χ4v) is 1.79. The second kappa shape index (κ2) is 5.76. The van der Waals surface area contributed by atoms with E-state index >= 15 is 0 Å². The maximum absolute atomic E-state index is 9.21. The maximum Gasteiger partial charge on any atom is 0.191 e. The summed E-state index contributed by atoms with van der Waals surface area (Å²) in [5, 5.41) is 15.9. The van der Waals surface area contributed by atoms with Gasteiger partial charge in [-0.2, -0.15) is 0 Å². The number of aromatic hydroxyl groups is 1. The van der Waals surface area contributed by atoms with Crippen LogP contribution in [0.4, 0.5) is 0 Å². The first-order valence-corrected chi connectivity index (χ1v) is 6.51. The van der Waals surface area contributed by atoms with Crippen LogP contribution in [-0.2, 0) is 6.54 Å². The van der Waals surface area contributed by atoms with Crippen molar-refractivity contribution >= 4 is 5.96 Å². The number of aliphatic imine (C=N–C) groups is 1. The number of rotatable bonds is 4. The third kappa shape index (κ3) is 3.65. The second-order valence-corrected chi connectivity index (χ2v) is 4.83. The molecule has 2 atom stereocenters. The Bertz CT molecular complexity index is 414. The zero-order chi connectivity index (χ0) is 13.0. The van der Waals surface area contributed by atoms with Gasteiger partial charge >= 0.3 is 0 Å². The van der Waals surface area contributed by atoms with Gasteiger partial charge in [0.1, 0.15) is 5.75 Å². The Hall–Kier alpha value is -1.71. The Morgan fingerprint density at radius 2 is 2.06 bits per heavy atom. The molecule has 0 aliphatic heterocycles. The van der Waals surface area contributed by atoms with Gasteiger partial charge in [-0.15, -0.1) is 0 Å². The Morgan fingerprint density at radius 3 is 2.61 bits per heavy atom. The molecule has 98 valence electrons. The lowest BCUT2D eigenvalue weighted by atomic mass is 10.2. The normalized spacial score (nSPS) is 22.7. The number of hydrogen-bond acceptors (Lipinski definition) is 2. The van der Waals surface area contributed by atoms with Crippen molar-refractivity contribution in [3.8, 4) is 5.75 Å². The van der Waals surface area contributed by atoms with Crippen LogP contribution >= 0.6 is 0 Å². The lowest BCUT2D eigenvalue weighted by Gasteiger charge is -2.10. The lowest BCUT2D eigenvalue weighted by Crippen LogP contribution is -2.39. The summed E-state index contributed by atoms with van der Waals surface area (Å²) in [6.07, 6.45) is 1.23. The van der Waals surface area contributed by atoms with Crippen molar-refractivity contribution in [2.75, 3.05) is 6.54 Å². The van der Waals surface area contributed by atoms with E-state index in [1.807, 2.05) is 12.1 Å². The van der Waals surface area contributed by atoms with E-state index in [2.05, 4.69) is 29.5 Å². The highest BCUT2D eigenvalue weighted by atomic mass is 16.3. The summed E-state index contributed by atoms with van der Waals surface area (Å²) in [5.41, 5.74) is 1.09. The molecule has 0 spiro atoms. The van der Waals surface area contributed by atoms with Crippen LogP contribution in [0, 0.1) is 5.92 Å². The zero-order valence-corrected chi connectivity index (χ0v) is 11.0. The smallest absolute Gasteiger partial charge is 0.191 e. The number of guanidine groups is 1. The molecular weight excluding hydrogens is 226 g/mol. The van der Waals surface area contributed by atoms with Crippen LogP contribution in [0.3, 0.4) is 0 Å². The van der Waals surface area contributed by atoms with Crippen LogP contribution in [0.15, 0.2) is 29.3 Å². The van der Waals surface area contributed by atoms with Crippen molar-refractivity contribution in [2.45, 2.75) is 32.9 Å². The van der Waals surface area contributed by atoms with Gasteiger partial charge in [0.15, 0.2) is 5.96 Å². The Kier molecular flexibility index (Phi) is 4.07. The number of phenols is 1. The molecule has 2 unspecified atom stereocenters. The zero-order valence-electron chi connectivity index (χ0n) is 11.0. The van der Waals surface area contributed by atoms with E-state index in [1.165, 1.54) is 6.42 Å². The van der Waals surface area contributed by atoms with Gasteiger partial charge in [-0.25, -0.2) is 4.99 Å². The molecule has 1 fully saturated rings. The topological polar surface area (TPSA) is 56.7 Å². The summed E-state index contributed by atoms with van der Waals surface area (Å²) in [6.45, 7) is 5.79. The molecule has 4 nitrogen and oxygen atoms in total. The SMILES string of the molecule is CCNC(=NCc1ccc(O)cc1)NC1CC1C. The molecule has 0 bridgehead atoms. The van der Waals surface area contributed by atoms with Gasteiger partial charge in [0.25, 0.3) is 0 Å². The quantitative estimate of drug-likeness (QED) is 0.562. The highest BCUT2D eigenvalue weighted by Crippen LogP contribution is 2.28. The van der Waals surface area contributed by atoms with Crippen LogP contribution in [0.1, 0.15) is 25.8 Å². The fraction of sp³-hybridized carbons (Fsp3) is 0.500. The van der Waals surface area contributed by atoms with Crippen molar-refractivity contribution in [3.05, 3.63) is 29.8 Å². The maximum atomic E-state index is 9.21. The third-order valence-corrected chi connectivity index (χ3v) is 3.13. The molecule has 3 N–H and O–H groups in total. The van der Waals surface area contributed by atoms with Crippen LogP contribution in [-0.4, -0.2) is 23.7 Å². The van der Waals surface area contributed by atoms with Gasteiger partial charge in [0.2, 0.25) is 0 Å². The van der Waals surface area contributed by atoms with Gasteiger partial charge in [-0.3, -0.25) is 0 Å². The van der Waals surface area contributed by atoms with Crippen LogP contribution < -0.4 is 10.6 Å². The molecule has 0 amide bonds. The van der Waals surface area contributed by atoms with Gasteiger partial charge in [0.05, 0.1) is 6.54 Å². The van der Waals surface area contributed by atoms with Crippen molar-refractivity contribution in [2.24, 2.45) is 10.9 Å². The monoisotopic (exact) mass is 247 g/mol. The molecule has 0 aromatic heterocycles. The highest BCUT2D eigenvalue weighted by molar-refractivity contribution is 5.80.